The molecule has 0 unspecified atom stereocenters. The number of fused-ring (bicyclic) bond motifs is 2. The van der Waals surface area contributed by atoms with Crippen LogP contribution in [-0.2, 0) is 6.42 Å². The van der Waals surface area contributed by atoms with Gasteiger partial charge in [-0.25, -0.2) is 9.36 Å². The number of aromatic hydroxyl groups is 1. The molecule has 0 bridgehead atoms. The second kappa shape index (κ2) is 7.95. The Morgan fingerprint density at radius 1 is 1.09 bits per heavy atom. The van der Waals surface area contributed by atoms with E-state index in [-0.39, 0.29) is 12.4 Å². The van der Waals surface area contributed by atoms with Gasteiger partial charge in [0.2, 0.25) is 18.4 Å². The van der Waals surface area contributed by atoms with E-state index in [0.29, 0.717) is 41.5 Å². The summed E-state index contributed by atoms with van der Waals surface area (Å²) in [6, 6.07) is 5.10. The second-order valence-corrected chi connectivity index (χ2v) is 8.93. The number of methoxy groups -OCH3 is 1. The first-order valence-electron chi connectivity index (χ1n) is 11.1. The third-order valence-electron chi connectivity index (χ3n) is 6.65. The van der Waals surface area contributed by atoms with E-state index < -0.39 is 23.2 Å². The standard InChI is InChI=1S/C25H27N3O6/c1-12-8-13(2)19(14(3)9-12)28-24(30)18(23(29)26-25(28)31)20-17-15(6-7-27(20)4)10-16-21(22(17)32-5)34-11-33-16/h8-10,20,30H,6-7,11H2,1-5H3,(H,26,29,31)/t20-/m1/s1. The summed E-state index contributed by atoms with van der Waals surface area (Å²) in [4.78, 5) is 30.5. The van der Waals surface area contributed by atoms with Crippen LogP contribution in [0.15, 0.2) is 27.8 Å². The first kappa shape index (κ1) is 22.1. The van der Waals surface area contributed by atoms with Crippen LogP contribution in [0.5, 0.6) is 23.1 Å². The maximum Gasteiger partial charge on any atom is 0.335 e. The molecule has 0 spiro atoms. The third-order valence-corrected chi connectivity index (χ3v) is 6.65. The smallest absolute Gasteiger partial charge is 0.335 e. The lowest BCUT2D eigenvalue weighted by molar-refractivity contribution is 0.170. The predicted octanol–water partition coefficient (Wildman–Crippen LogP) is 2.47. The Morgan fingerprint density at radius 2 is 1.79 bits per heavy atom. The minimum Gasteiger partial charge on any atom is -0.494 e. The molecule has 2 aromatic carbocycles. The summed E-state index contributed by atoms with van der Waals surface area (Å²) in [6.45, 7) is 6.42. The lowest BCUT2D eigenvalue weighted by atomic mass is 9.87. The van der Waals surface area contributed by atoms with Crippen molar-refractivity contribution in [2.45, 2.75) is 33.2 Å². The molecule has 3 aromatic rings. The van der Waals surface area contributed by atoms with Gasteiger partial charge in [0.1, 0.15) is 0 Å². The van der Waals surface area contributed by atoms with Gasteiger partial charge in [-0.1, -0.05) is 17.7 Å². The number of nitrogens with one attached hydrogen (secondary N) is 1. The molecule has 34 heavy (non-hydrogen) atoms. The molecule has 0 aliphatic carbocycles. The quantitative estimate of drug-likeness (QED) is 0.612. The van der Waals surface area contributed by atoms with Gasteiger partial charge in [-0.3, -0.25) is 14.7 Å². The first-order valence-corrected chi connectivity index (χ1v) is 11.1. The second-order valence-electron chi connectivity index (χ2n) is 8.93. The van der Waals surface area contributed by atoms with E-state index >= 15 is 0 Å². The molecule has 0 radical (unpaired) electrons. The minimum atomic E-state index is -0.697. The van der Waals surface area contributed by atoms with Crippen molar-refractivity contribution >= 4 is 0 Å². The summed E-state index contributed by atoms with van der Waals surface area (Å²) in [6.07, 6.45) is 0.698. The Balaban J connectivity index is 1.82. The molecular weight excluding hydrogens is 438 g/mol. The summed E-state index contributed by atoms with van der Waals surface area (Å²) in [5, 5.41) is 11.5. The molecule has 0 fully saturated rings. The molecule has 1 atom stereocenters. The number of likely N-dealkylation sites (N-methyl/N-ethyl adjacent to an activating group) is 1. The van der Waals surface area contributed by atoms with Gasteiger partial charge in [0.15, 0.2) is 11.5 Å². The van der Waals surface area contributed by atoms with Crippen LogP contribution in [0.2, 0.25) is 0 Å². The van der Waals surface area contributed by atoms with Crippen molar-refractivity contribution in [3.63, 3.8) is 0 Å². The zero-order valence-corrected chi connectivity index (χ0v) is 19.8. The molecule has 5 rings (SSSR count). The van der Waals surface area contributed by atoms with Crippen molar-refractivity contribution in [2.24, 2.45) is 0 Å². The molecule has 9 nitrogen and oxygen atoms in total. The van der Waals surface area contributed by atoms with E-state index in [1.165, 1.54) is 11.7 Å². The van der Waals surface area contributed by atoms with Gasteiger partial charge < -0.3 is 19.3 Å². The summed E-state index contributed by atoms with van der Waals surface area (Å²) in [5.41, 5.74) is 3.58. The van der Waals surface area contributed by atoms with Crippen LogP contribution >= 0.6 is 0 Å². The number of aromatic nitrogens is 2. The number of hydrogen-bond donors (Lipinski definition) is 2. The number of H-pyrrole nitrogens is 1. The van der Waals surface area contributed by atoms with E-state index in [0.717, 1.165) is 22.3 Å². The topological polar surface area (TPSA) is 106 Å². The largest absolute Gasteiger partial charge is 0.494 e. The first-order chi connectivity index (χ1) is 16.2. The van der Waals surface area contributed by atoms with Crippen molar-refractivity contribution in [3.05, 3.63) is 72.4 Å². The van der Waals surface area contributed by atoms with Crippen molar-refractivity contribution < 1.29 is 19.3 Å². The van der Waals surface area contributed by atoms with Gasteiger partial charge in [0, 0.05) is 12.1 Å². The normalized spacial score (nSPS) is 17.0. The SMILES string of the molecule is COc1c2c(cc3c1[C@H](c1c(O)n(-c4c(C)cc(C)cc4C)c(=O)[nH]c1=O)N(C)CC3)OCO2. The lowest BCUT2D eigenvalue weighted by Crippen LogP contribution is -2.40. The molecule has 178 valence electrons. The van der Waals surface area contributed by atoms with Crippen molar-refractivity contribution in [1.82, 2.24) is 14.5 Å². The highest BCUT2D eigenvalue weighted by atomic mass is 16.7. The van der Waals surface area contributed by atoms with E-state index in [4.69, 9.17) is 14.2 Å². The predicted molar refractivity (Wildman–Crippen MR) is 126 cm³/mol. The Hall–Kier alpha value is -3.72. The Kier molecular flexibility index (Phi) is 5.16. The van der Waals surface area contributed by atoms with Gasteiger partial charge in [-0.15, -0.1) is 0 Å². The van der Waals surface area contributed by atoms with E-state index in [1.54, 1.807) is 0 Å². The van der Waals surface area contributed by atoms with Crippen molar-refractivity contribution in [1.29, 1.82) is 0 Å². The summed E-state index contributed by atoms with van der Waals surface area (Å²) in [5.74, 6) is 1.12. The molecule has 1 aromatic heterocycles. The zero-order chi connectivity index (χ0) is 24.3. The van der Waals surface area contributed by atoms with Crippen molar-refractivity contribution in [3.8, 4) is 28.8 Å². The number of hydrogen-bond acceptors (Lipinski definition) is 7. The van der Waals surface area contributed by atoms with Gasteiger partial charge in [0.25, 0.3) is 5.56 Å². The fourth-order valence-electron chi connectivity index (χ4n) is 5.32. The van der Waals surface area contributed by atoms with E-state index in [1.807, 2.05) is 50.9 Å². The summed E-state index contributed by atoms with van der Waals surface area (Å²) >= 11 is 0. The molecule has 0 saturated carbocycles. The molecule has 3 heterocycles. The maximum absolute atomic E-state index is 13.2. The Labute approximate surface area is 196 Å². The number of rotatable bonds is 3. The lowest BCUT2D eigenvalue weighted by Gasteiger charge is -2.36. The number of ether oxygens (including phenoxy) is 3. The highest BCUT2D eigenvalue weighted by Crippen LogP contribution is 2.51. The zero-order valence-electron chi connectivity index (χ0n) is 19.8. The van der Waals surface area contributed by atoms with Crippen LogP contribution in [0.25, 0.3) is 5.69 Å². The summed E-state index contributed by atoms with van der Waals surface area (Å²) < 4.78 is 18.1. The molecule has 2 aliphatic heterocycles. The van der Waals surface area contributed by atoms with Crippen LogP contribution in [0.3, 0.4) is 0 Å². The number of benzene rings is 2. The number of aryl methyl sites for hydroxylation is 3. The molecule has 2 N–H and O–H groups in total. The Bertz CT molecular complexity index is 1420. The van der Waals surface area contributed by atoms with Crippen LogP contribution in [0.4, 0.5) is 0 Å². The fourth-order valence-corrected chi connectivity index (χ4v) is 5.32. The van der Waals surface area contributed by atoms with Gasteiger partial charge in [0.05, 0.1) is 24.4 Å². The number of aromatic amines is 1. The average molecular weight is 466 g/mol. The third kappa shape index (κ3) is 3.19. The van der Waals surface area contributed by atoms with Crippen LogP contribution in [0.1, 0.15) is 39.4 Å². The van der Waals surface area contributed by atoms with E-state index in [9.17, 15) is 14.7 Å². The molecule has 2 aliphatic rings. The van der Waals surface area contributed by atoms with Crippen LogP contribution in [0, 0.1) is 20.8 Å². The van der Waals surface area contributed by atoms with Crippen LogP contribution in [-0.4, -0.2) is 47.1 Å². The maximum atomic E-state index is 13.2. The average Bonchev–Trinajstić information content (AvgIpc) is 3.23. The van der Waals surface area contributed by atoms with Gasteiger partial charge >= 0.3 is 5.69 Å². The highest BCUT2D eigenvalue weighted by molar-refractivity contribution is 5.64. The highest BCUT2D eigenvalue weighted by Gasteiger charge is 2.38. The monoisotopic (exact) mass is 465 g/mol. The van der Waals surface area contributed by atoms with E-state index in [2.05, 4.69) is 4.98 Å². The van der Waals surface area contributed by atoms with Gasteiger partial charge in [-0.05, 0) is 57.0 Å². The molecule has 0 saturated heterocycles. The molecular formula is C25H27N3O6. The minimum absolute atomic E-state index is 0.0691. The Morgan fingerprint density at radius 3 is 2.47 bits per heavy atom. The van der Waals surface area contributed by atoms with Gasteiger partial charge in [-0.2, -0.15) is 0 Å². The number of nitrogens with zero attached hydrogens (tertiary/aromatic N) is 2. The molecule has 9 heteroatoms. The van der Waals surface area contributed by atoms with Crippen LogP contribution < -0.4 is 25.5 Å². The molecule has 0 amide bonds. The fraction of sp³-hybridized carbons (Fsp3) is 0.360. The van der Waals surface area contributed by atoms with Crippen molar-refractivity contribution in [2.75, 3.05) is 27.5 Å². The summed E-state index contributed by atoms with van der Waals surface area (Å²) in [7, 11) is 3.40.